The molecule has 0 saturated heterocycles. The normalized spacial score (nSPS) is 18.4. The van der Waals surface area contributed by atoms with Gasteiger partial charge in [-0.2, -0.15) is 0 Å². The number of methoxy groups -OCH3 is 2. The molecular weight excluding hydrogens is 466 g/mol. The molecule has 1 aromatic carbocycles. The number of thiazole rings is 1. The van der Waals surface area contributed by atoms with E-state index in [1.54, 1.807) is 50.9 Å². The van der Waals surface area contributed by atoms with Crippen LogP contribution in [0.3, 0.4) is 0 Å². The molecule has 1 aliphatic rings. The largest absolute Gasteiger partial charge is 0.490 e. The van der Waals surface area contributed by atoms with Crippen LogP contribution in [0.15, 0.2) is 35.3 Å². The topological polar surface area (TPSA) is 91.7 Å². The van der Waals surface area contributed by atoms with E-state index in [0.29, 0.717) is 23.1 Å². The van der Waals surface area contributed by atoms with E-state index in [1.807, 2.05) is 26.0 Å². The molecule has 0 aliphatic heterocycles. The molecule has 2 heterocycles. The molecule has 0 spiro atoms. The van der Waals surface area contributed by atoms with Crippen LogP contribution in [-0.2, 0) is 16.5 Å². The number of hydrogen-bond donors (Lipinski definition) is 1. The van der Waals surface area contributed by atoms with E-state index in [2.05, 4.69) is 5.32 Å². The summed E-state index contributed by atoms with van der Waals surface area (Å²) in [4.78, 5) is 30.5. The Morgan fingerprint density at radius 2 is 1.89 bits per heavy atom. The second-order valence-corrected chi connectivity index (χ2v) is 10.3. The summed E-state index contributed by atoms with van der Waals surface area (Å²) in [5.74, 6) is 0.840. The Kier molecular flexibility index (Phi) is 7.88. The Morgan fingerprint density at radius 3 is 2.54 bits per heavy atom. The van der Waals surface area contributed by atoms with E-state index in [4.69, 9.17) is 19.2 Å². The molecule has 1 N–H and O–H groups in total. The van der Waals surface area contributed by atoms with Gasteiger partial charge in [-0.1, -0.05) is 0 Å². The van der Waals surface area contributed by atoms with Crippen LogP contribution >= 0.6 is 11.3 Å². The van der Waals surface area contributed by atoms with Gasteiger partial charge in [0.25, 0.3) is 11.5 Å². The maximum atomic E-state index is 13.2. The number of carbonyl (C=O) groups excluding carboxylic acids is 1. The minimum absolute atomic E-state index is 0.119. The van der Waals surface area contributed by atoms with Crippen molar-refractivity contribution in [1.29, 1.82) is 0 Å². The number of hydrogen-bond acceptors (Lipinski definition) is 7. The van der Waals surface area contributed by atoms with E-state index in [9.17, 15) is 9.59 Å². The van der Waals surface area contributed by atoms with Gasteiger partial charge in [-0.15, -0.1) is 11.3 Å². The summed E-state index contributed by atoms with van der Waals surface area (Å²) in [6.07, 6.45) is 5.45. The fourth-order valence-corrected chi connectivity index (χ4v) is 5.84. The van der Waals surface area contributed by atoms with Crippen LogP contribution < -0.4 is 15.6 Å². The summed E-state index contributed by atoms with van der Waals surface area (Å²) < 4.78 is 19.2. The van der Waals surface area contributed by atoms with Crippen LogP contribution in [0, 0.1) is 5.92 Å². The monoisotopic (exact) mass is 499 g/mol. The van der Waals surface area contributed by atoms with E-state index in [-0.39, 0.29) is 29.5 Å². The number of rotatable bonds is 8. The molecule has 1 aliphatic carbocycles. The Hall–Kier alpha value is -2.75. The number of aryl methyl sites for hydroxylation is 1. The van der Waals surface area contributed by atoms with Gasteiger partial charge in [-0.3, -0.25) is 9.59 Å². The van der Waals surface area contributed by atoms with Crippen LogP contribution in [0.1, 0.15) is 60.8 Å². The summed E-state index contributed by atoms with van der Waals surface area (Å²) in [5.41, 5.74) is 1.16. The SMILES string of the molecule is COC(OC)C1CCC(c2nc3cc(OC(C)C)c(C(=O)Nc4cccn(C)c4=O)cc3s2)CC1. The number of pyridine rings is 1. The highest BCUT2D eigenvalue weighted by atomic mass is 32.1. The summed E-state index contributed by atoms with van der Waals surface area (Å²) in [6.45, 7) is 3.83. The fourth-order valence-electron chi connectivity index (χ4n) is 4.68. The first-order valence-electron chi connectivity index (χ1n) is 11.9. The van der Waals surface area contributed by atoms with Crippen LogP contribution in [0.5, 0.6) is 5.75 Å². The minimum Gasteiger partial charge on any atom is -0.490 e. The van der Waals surface area contributed by atoms with Crippen molar-refractivity contribution in [3.63, 3.8) is 0 Å². The Morgan fingerprint density at radius 1 is 1.17 bits per heavy atom. The first-order valence-corrected chi connectivity index (χ1v) is 12.8. The number of anilines is 1. The first-order chi connectivity index (χ1) is 16.8. The summed E-state index contributed by atoms with van der Waals surface area (Å²) >= 11 is 1.62. The van der Waals surface area contributed by atoms with Gasteiger partial charge < -0.3 is 24.1 Å². The second kappa shape index (κ2) is 10.9. The van der Waals surface area contributed by atoms with E-state index in [1.165, 1.54) is 4.57 Å². The molecule has 0 atom stereocenters. The van der Waals surface area contributed by atoms with Gasteiger partial charge in [-0.25, -0.2) is 4.98 Å². The highest BCUT2D eigenvalue weighted by Gasteiger charge is 2.30. The fraction of sp³-hybridized carbons (Fsp3) is 0.500. The lowest BCUT2D eigenvalue weighted by Gasteiger charge is -2.31. The molecule has 2 aromatic heterocycles. The molecule has 1 saturated carbocycles. The molecule has 0 unspecified atom stereocenters. The molecule has 188 valence electrons. The number of aromatic nitrogens is 2. The van der Waals surface area contributed by atoms with Gasteiger partial charge in [0.15, 0.2) is 6.29 Å². The average molecular weight is 500 g/mol. The molecule has 3 aromatic rings. The molecule has 1 fully saturated rings. The number of carbonyl (C=O) groups is 1. The molecule has 1 amide bonds. The van der Waals surface area contributed by atoms with Crippen molar-refractivity contribution < 1.29 is 19.0 Å². The van der Waals surface area contributed by atoms with Crippen molar-refractivity contribution in [2.75, 3.05) is 19.5 Å². The number of nitrogens with zero attached hydrogens (tertiary/aromatic N) is 2. The quantitative estimate of drug-likeness (QED) is 0.442. The first kappa shape index (κ1) is 25.3. The molecule has 9 heteroatoms. The maximum absolute atomic E-state index is 13.2. The lowest BCUT2D eigenvalue weighted by molar-refractivity contribution is -0.144. The van der Waals surface area contributed by atoms with Crippen LogP contribution in [-0.4, -0.2) is 42.1 Å². The molecule has 0 bridgehead atoms. The van der Waals surface area contributed by atoms with Crippen molar-refractivity contribution in [2.45, 2.75) is 57.8 Å². The predicted molar refractivity (Wildman–Crippen MR) is 138 cm³/mol. The van der Waals surface area contributed by atoms with Crippen molar-refractivity contribution in [1.82, 2.24) is 9.55 Å². The van der Waals surface area contributed by atoms with E-state index >= 15 is 0 Å². The zero-order chi connectivity index (χ0) is 25.1. The third-order valence-electron chi connectivity index (χ3n) is 6.46. The standard InChI is InChI=1S/C26H33N3O5S/c1-15(2)34-21-14-20-22(13-18(21)23(30)27-19-7-6-12-29(3)25(19)31)35-24(28-20)16-8-10-17(11-9-16)26(32-4)33-5/h6-7,12-17,26H,8-11H2,1-5H3,(H,27,30). The average Bonchev–Trinajstić information content (AvgIpc) is 3.25. The van der Waals surface area contributed by atoms with Crippen molar-refractivity contribution in [2.24, 2.45) is 13.0 Å². The van der Waals surface area contributed by atoms with Gasteiger partial charge in [-0.05, 0) is 57.7 Å². The van der Waals surface area contributed by atoms with Gasteiger partial charge in [0.05, 0.1) is 26.9 Å². The van der Waals surface area contributed by atoms with Crippen LogP contribution in [0.25, 0.3) is 10.2 Å². The van der Waals surface area contributed by atoms with E-state index < -0.39 is 0 Å². The van der Waals surface area contributed by atoms with Crippen molar-refractivity contribution in [3.05, 3.63) is 51.4 Å². The van der Waals surface area contributed by atoms with Gasteiger partial charge >= 0.3 is 0 Å². The molecule has 8 nitrogen and oxygen atoms in total. The van der Waals surface area contributed by atoms with Gasteiger partial charge in [0.2, 0.25) is 0 Å². The maximum Gasteiger partial charge on any atom is 0.274 e. The van der Waals surface area contributed by atoms with Crippen LogP contribution in [0.4, 0.5) is 5.69 Å². The Bertz CT molecular complexity index is 1240. The van der Waals surface area contributed by atoms with Gasteiger partial charge in [0.1, 0.15) is 11.4 Å². The number of benzene rings is 1. The lowest BCUT2D eigenvalue weighted by atomic mass is 9.82. The van der Waals surface area contributed by atoms with Gasteiger partial charge in [0, 0.05) is 45.4 Å². The van der Waals surface area contributed by atoms with Crippen LogP contribution in [0.2, 0.25) is 0 Å². The molecule has 35 heavy (non-hydrogen) atoms. The summed E-state index contributed by atoms with van der Waals surface area (Å²) in [5, 5.41) is 3.83. The number of fused-ring (bicyclic) bond motifs is 1. The third-order valence-corrected chi connectivity index (χ3v) is 7.64. The van der Waals surface area contributed by atoms with E-state index in [0.717, 1.165) is 40.9 Å². The third kappa shape index (κ3) is 5.58. The zero-order valence-electron chi connectivity index (χ0n) is 20.9. The molecule has 4 rings (SSSR count). The second-order valence-electron chi connectivity index (χ2n) is 9.28. The van der Waals surface area contributed by atoms with Crippen molar-refractivity contribution in [3.8, 4) is 5.75 Å². The predicted octanol–water partition coefficient (Wildman–Crippen LogP) is 4.93. The minimum atomic E-state index is -0.383. The smallest absolute Gasteiger partial charge is 0.274 e. The highest BCUT2D eigenvalue weighted by Crippen LogP contribution is 2.41. The van der Waals surface area contributed by atoms with Crippen molar-refractivity contribution >= 4 is 33.1 Å². The number of nitrogens with one attached hydrogen (secondary N) is 1. The zero-order valence-corrected chi connectivity index (χ0v) is 21.7. The molecule has 0 radical (unpaired) electrons. The summed E-state index contributed by atoms with van der Waals surface area (Å²) in [7, 11) is 5.02. The highest BCUT2D eigenvalue weighted by molar-refractivity contribution is 7.18. The number of amides is 1. The Labute approximate surface area is 209 Å². The summed E-state index contributed by atoms with van der Waals surface area (Å²) in [6, 6.07) is 6.98. The lowest BCUT2D eigenvalue weighted by Crippen LogP contribution is -2.28. The molecular formula is C26H33N3O5S. The Balaban J connectivity index is 1.60. The number of ether oxygens (including phenoxy) is 3.